The van der Waals surface area contributed by atoms with E-state index in [1.54, 1.807) is 55.5 Å². The molecule has 0 saturated carbocycles. The number of carboxylic acids is 1. The number of carboxylic acid groups (broad SMARTS) is 1. The molecule has 0 saturated heterocycles. The lowest BCUT2D eigenvalue weighted by atomic mass is 10.1. The van der Waals surface area contributed by atoms with E-state index < -0.39 is 34.5 Å². The third kappa shape index (κ3) is 9.44. The predicted octanol–water partition coefficient (Wildman–Crippen LogP) is 3.80. The lowest BCUT2D eigenvalue weighted by molar-refractivity contribution is -0.139. The Bertz CT molecular complexity index is 1430. The van der Waals surface area contributed by atoms with E-state index >= 15 is 0 Å². The van der Waals surface area contributed by atoms with Gasteiger partial charge in [-0.25, -0.2) is 18.6 Å². The molecule has 0 unspecified atom stereocenters. The number of benzene rings is 3. The van der Waals surface area contributed by atoms with Gasteiger partial charge in [-0.15, -0.1) is 0 Å². The Labute approximate surface area is 253 Å². The summed E-state index contributed by atoms with van der Waals surface area (Å²) in [7, 11) is -3.99. The second-order valence-corrected chi connectivity index (χ2v) is 12.1. The maximum atomic E-state index is 13.1. The summed E-state index contributed by atoms with van der Waals surface area (Å²) in [4.78, 5) is 24.0. The smallest absolute Gasteiger partial charge is 0.341 e. The number of ether oxygens (including phenoxy) is 2. The number of carbonyl (C=O) groups is 2. The second kappa shape index (κ2) is 14.6. The summed E-state index contributed by atoms with van der Waals surface area (Å²) < 4.78 is 40.9. The van der Waals surface area contributed by atoms with E-state index in [1.807, 2.05) is 28.7 Å². The van der Waals surface area contributed by atoms with Crippen LogP contribution in [0.4, 0.5) is 0 Å². The molecule has 3 aromatic rings. The van der Waals surface area contributed by atoms with Crippen LogP contribution in [-0.2, 0) is 26.0 Å². The highest BCUT2D eigenvalue weighted by Gasteiger charge is 2.26. The molecule has 206 valence electrons. The number of aliphatic carboxylic acids is 1. The second-order valence-electron chi connectivity index (χ2n) is 8.00. The van der Waals surface area contributed by atoms with Crippen LogP contribution in [0, 0.1) is 7.14 Å². The highest BCUT2D eigenvalue weighted by atomic mass is 127. The summed E-state index contributed by atoms with van der Waals surface area (Å²) in [6.45, 7) is 1.57. The molecule has 0 radical (unpaired) electrons. The van der Waals surface area contributed by atoms with Gasteiger partial charge in [-0.2, -0.15) is 9.82 Å². The van der Waals surface area contributed by atoms with E-state index in [1.165, 1.54) is 18.3 Å². The molecule has 0 spiro atoms. The van der Waals surface area contributed by atoms with E-state index in [4.69, 9.17) is 14.6 Å². The van der Waals surface area contributed by atoms with E-state index in [0.29, 0.717) is 21.5 Å². The van der Waals surface area contributed by atoms with Crippen molar-refractivity contribution in [2.75, 3.05) is 13.2 Å². The summed E-state index contributed by atoms with van der Waals surface area (Å²) in [5, 5.41) is 12.9. The van der Waals surface area contributed by atoms with Gasteiger partial charge in [-0.05, 0) is 106 Å². The topological polar surface area (TPSA) is 143 Å². The number of rotatable bonds is 13. The average molecular weight is 777 g/mol. The molecular formula is C26H25I2N3O7S. The highest BCUT2D eigenvalue weighted by molar-refractivity contribution is 14.1. The van der Waals surface area contributed by atoms with Crippen LogP contribution in [0.15, 0.2) is 76.7 Å². The molecule has 0 aliphatic carbocycles. The van der Waals surface area contributed by atoms with Gasteiger partial charge in [-0.1, -0.05) is 30.3 Å². The molecule has 39 heavy (non-hydrogen) atoms. The van der Waals surface area contributed by atoms with Crippen molar-refractivity contribution in [2.24, 2.45) is 5.10 Å². The van der Waals surface area contributed by atoms with Crippen LogP contribution in [-0.4, -0.2) is 50.9 Å². The van der Waals surface area contributed by atoms with E-state index in [-0.39, 0.29) is 17.1 Å². The summed E-state index contributed by atoms with van der Waals surface area (Å²) in [5.41, 5.74) is 3.72. The molecule has 0 heterocycles. The zero-order valence-electron chi connectivity index (χ0n) is 20.6. The summed E-state index contributed by atoms with van der Waals surface area (Å²) >= 11 is 4.06. The summed E-state index contributed by atoms with van der Waals surface area (Å²) in [6, 6.07) is 17.5. The zero-order valence-corrected chi connectivity index (χ0v) is 25.8. The fourth-order valence-electron chi connectivity index (χ4n) is 3.35. The molecule has 1 amide bonds. The number of sulfonamides is 1. The van der Waals surface area contributed by atoms with Crippen LogP contribution in [0.3, 0.4) is 0 Å². The Morgan fingerprint density at radius 1 is 1.05 bits per heavy atom. The molecule has 3 aromatic carbocycles. The number of hydrogen-bond acceptors (Lipinski definition) is 7. The Balaban J connectivity index is 1.80. The van der Waals surface area contributed by atoms with E-state index in [9.17, 15) is 18.0 Å². The van der Waals surface area contributed by atoms with Gasteiger partial charge in [0.1, 0.15) is 6.04 Å². The van der Waals surface area contributed by atoms with E-state index in [2.05, 4.69) is 37.8 Å². The minimum absolute atomic E-state index is 0.0421. The minimum Gasteiger partial charge on any atom is -0.490 e. The van der Waals surface area contributed by atoms with Gasteiger partial charge in [0.2, 0.25) is 10.0 Å². The van der Waals surface area contributed by atoms with Gasteiger partial charge in [-0.3, -0.25) is 4.79 Å². The quantitative estimate of drug-likeness (QED) is 0.136. The molecule has 0 aliphatic heterocycles. The number of nitrogens with one attached hydrogen (secondary N) is 2. The first kappa shape index (κ1) is 30.8. The van der Waals surface area contributed by atoms with E-state index in [0.717, 1.165) is 9.13 Å². The van der Waals surface area contributed by atoms with Gasteiger partial charge >= 0.3 is 5.97 Å². The Kier molecular flexibility index (Phi) is 11.5. The monoisotopic (exact) mass is 777 g/mol. The fraction of sp³-hybridized carbons (Fsp3) is 0.192. The third-order valence-electron chi connectivity index (χ3n) is 5.08. The molecule has 3 N–H and O–H groups in total. The standard InChI is InChI=1S/C26H25I2N3O7S/c1-2-37-23-14-18(12-21(28)25(23)38-16-24(32)33)15-29-30-26(34)22(13-17-6-4-3-5-7-17)31-39(35,36)20-10-8-19(27)9-11-20/h3-12,14-15,22,31H,2,13,16H2,1H3,(H,30,34)(H,32,33)/b29-15-/t22-/m1/s1. The Hall–Kier alpha value is -2.76. The maximum Gasteiger partial charge on any atom is 0.341 e. The number of hydrogen-bond donors (Lipinski definition) is 3. The van der Waals surface area contributed by atoms with Gasteiger partial charge in [0.15, 0.2) is 18.1 Å². The number of carbonyl (C=O) groups excluding carboxylic acids is 1. The first-order chi connectivity index (χ1) is 18.6. The van der Waals surface area contributed by atoms with Crippen molar-refractivity contribution in [1.29, 1.82) is 0 Å². The lowest BCUT2D eigenvalue weighted by Crippen LogP contribution is -2.46. The van der Waals surface area contributed by atoms with Crippen LogP contribution in [0.25, 0.3) is 0 Å². The van der Waals surface area contributed by atoms with Crippen LogP contribution in [0.2, 0.25) is 0 Å². The molecule has 0 aliphatic rings. The fourth-order valence-corrected chi connectivity index (χ4v) is 5.69. The molecule has 13 heteroatoms. The van der Waals surface area contributed by atoms with Crippen LogP contribution >= 0.6 is 45.2 Å². The van der Waals surface area contributed by atoms with Gasteiger partial charge in [0, 0.05) is 3.57 Å². The molecule has 10 nitrogen and oxygen atoms in total. The Morgan fingerprint density at radius 3 is 2.38 bits per heavy atom. The van der Waals surface area contributed by atoms with Crippen molar-refractivity contribution >= 4 is 73.3 Å². The first-order valence-corrected chi connectivity index (χ1v) is 15.2. The van der Waals surface area contributed by atoms with Crippen molar-refractivity contribution in [3.63, 3.8) is 0 Å². The van der Waals surface area contributed by atoms with Crippen molar-refractivity contribution in [1.82, 2.24) is 10.1 Å². The number of halogens is 2. The van der Waals surface area contributed by atoms with Crippen molar-refractivity contribution in [3.8, 4) is 11.5 Å². The van der Waals surface area contributed by atoms with Crippen molar-refractivity contribution in [3.05, 3.63) is 85.0 Å². The zero-order chi connectivity index (χ0) is 28.4. The van der Waals surface area contributed by atoms with Gasteiger partial charge < -0.3 is 14.6 Å². The molecule has 0 fully saturated rings. The SMILES string of the molecule is CCOc1cc(/C=N\NC(=O)[C@@H](Cc2ccccc2)NS(=O)(=O)c2ccc(I)cc2)cc(I)c1OCC(=O)O. The lowest BCUT2D eigenvalue weighted by Gasteiger charge is -2.17. The predicted molar refractivity (Wildman–Crippen MR) is 163 cm³/mol. The van der Waals surface area contributed by atoms with Crippen LogP contribution in [0.1, 0.15) is 18.1 Å². The maximum absolute atomic E-state index is 13.1. The molecular weight excluding hydrogens is 752 g/mol. The largest absolute Gasteiger partial charge is 0.490 e. The van der Waals surface area contributed by atoms with Crippen molar-refractivity contribution in [2.45, 2.75) is 24.3 Å². The molecule has 1 atom stereocenters. The molecule has 3 rings (SSSR count). The summed E-state index contributed by atoms with van der Waals surface area (Å²) in [5.74, 6) is -1.16. The summed E-state index contributed by atoms with van der Waals surface area (Å²) in [6.07, 6.45) is 1.48. The average Bonchev–Trinajstić information content (AvgIpc) is 2.88. The Morgan fingerprint density at radius 2 is 1.74 bits per heavy atom. The van der Waals surface area contributed by atoms with Crippen molar-refractivity contribution < 1.29 is 32.6 Å². The normalized spacial score (nSPS) is 12.2. The highest BCUT2D eigenvalue weighted by Crippen LogP contribution is 2.34. The molecule has 0 bridgehead atoms. The van der Waals surface area contributed by atoms with Crippen LogP contribution < -0.4 is 19.6 Å². The number of nitrogens with zero attached hydrogens (tertiary/aromatic N) is 1. The minimum atomic E-state index is -3.99. The number of amides is 1. The van der Waals surface area contributed by atoms with Gasteiger partial charge in [0.25, 0.3) is 5.91 Å². The first-order valence-electron chi connectivity index (χ1n) is 11.5. The molecule has 0 aromatic heterocycles. The number of hydrazone groups is 1. The third-order valence-corrected chi connectivity index (χ3v) is 8.09. The van der Waals surface area contributed by atoms with Gasteiger partial charge in [0.05, 0.1) is 21.3 Å². The van der Waals surface area contributed by atoms with Crippen LogP contribution in [0.5, 0.6) is 11.5 Å².